The lowest BCUT2D eigenvalue weighted by Gasteiger charge is -2.07. The maximum atomic E-state index is 12.2. The summed E-state index contributed by atoms with van der Waals surface area (Å²) in [4.78, 5) is 18.8. The van der Waals surface area contributed by atoms with E-state index in [9.17, 15) is 4.79 Å². The van der Waals surface area contributed by atoms with Gasteiger partial charge in [0.1, 0.15) is 6.61 Å². The molecule has 3 rings (SSSR count). The molecule has 0 aliphatic carbocycles. The highest BCUT2D eigenvalue weighted by atomic mass is 32.1. The molecule has 28 heavy (non-hydrogen) atoms. The molecule has 0 spiro atoms. The Bertz CT molecular complexity index is 1050. The number of nitrogens with zero attached hydrogens (tertiary/aromatic N) is 1. The maximum Gasteiger partial charge on any atom is 0.338 e. The first-order valence-corrected chi connectivity index (χ1v) is 9.85. The Balaban J connectivity index is 1.91. The molecule has 0 unspecified atom stereocenters. The Hall–Kier alpha value is -2.92. The number of thiophene rings is 1. The zero-order chi connectivity index (χ0) is 20.1. The molecule has 5 heteroatoms. The molecule has 0 bridgehead atoms. The maximum absolute atomic E-state index is 12.2. The number of hydrogen-bond acceptors (Lipinski definition) is 5. The van der Waals surface area contributed by atoms with Crippen LogP contribution in [-0.2, 0) is 21.0 Å². The van der Waals surface area contributed by atoms with E-state index in [-0.39, 0.29) is 12.6 Å². The van der Waals surface area contributed by atoms with E-state index in [0.29, 0.717) is 5.57 Å². The molecule has 0 radical (unpaired) electrons. The van der Waals surface area contributed by atoms with E-state index in [1.807, 2.05) is 62.4 Å². The molecule has 0 atom stereocenters. The van der Waals surface area contributed by atoms with E-state index in [1.165, 1.54) is 12.7 Å². The summed E-state index contributed by atoms with van der Waals surface area (Å²) in [6, 6.07) is 16.2. The van der Waals surface area contributed by atoms with Crippen LogP contribution in [0.15, 0.2) is 59.8 Å². The number of hydrogen-bond donors (Lipinski definition) is 0. The minimum atomic E-state index is -0.352. The van der Waals surface area contributed by atoms with E-state index in [2.05, 4.69) is 12.1 Å². The predicted octanol–water partition coefficient (Wildman–Crippen LogP) is 5.73. The van der Waals surface area contributed by atoms with Crippen LogP contribution < -0.4 is 0 Å². The van der Waals surface area contributed by atoms with Crippen molar-refractivity contribution >= 4 is 38.7 Å². The number of carbonyl (C=O) groups is 1. The predicted molar refractivity (Wildman–Crippen MR) is 116 cm³/mol. The van der Waals surface area contributed by atoms with Gasteiger partial charge in [-0.25, -0.2) is 4.79 Å². The first-order chi connectivity index (χ1) is 13.5. The van der Waals surface area contributed by atoms with Gasteiger partial charge in [0, 0.05) is 15.1 Å². The van der Waals surface area contributed by atoms with Crippen LogP contribution in [-0.4, -0.2) is 18.8 Å². The van der Waals surface area contributed by atoms with Crippen molar-refractivity contribution in [2.75, 3.05) is 7.11 Å². The third-order valence-electron chi connectivity index (χ3n) is 4.52. The third kappa shape index (κ3) is 4.15. The van der Waals surface area contributed by atoms with Crippen molar-refractivity contribution in [3.8, 4) is 0 Å². The standard InChI is InChI=1S/C23H23NO3S/c1-5-18(23(25)26-4)22-20(19-8-6-7-9-21(19)28-22)14-27-24-16(3)17-12-10-15(2)11-13-17/h5-13H,14H2,1-4H3. The topological polar surface area (TPSA) is 47.9 Å². The molecule has 0 N–H and O–H groups in total. The second-order valence-corrected chi connectivity index (χ2v) is 7.47. The fraction of sp³-hybridized carbons (Fsp3) is 0.217. The SMILES string of the molecule is CC=C(C(=O)OC)c1sc2ccccc2c1CON=C(C)c1ccc(C)cc1. The molecule has 0 fully saturated rings. The van der Waals surface area contributed by atoms with E-state index in [0.717, 1.165) is 31.8 Å². The Morgan fingerprint density at radius 2 is 1.86 bits per heavy atom. The largest absolute Gasteiger partial charge is 0.465 e. The summed E-state index contributed by atoms with van der Waals surface area (Å²) in [6.45, 7) is 6.08. The van der Waals surface area contributed by atoms with Gasteiger partial charge in [-0.3, -0.25) is 0 Å². The van der Waals surface area contributed by atoms with Gasteiger partial charge in [-0.2, -0.15) is 0 Å². The molecule has 4 nitrogen and oxygen atoms in total. The average molecular weight is 394 g/mol. The van der Waals surface area contributed by atoms with Crippen molar-refractivity contribution < 1.29 is 14.4 Å². The van der Waals surface area contributed by atoms with Gasteiger partial charge in [0.2, 0.25) is 0 Å². The molecule has 0 saturated heterocycles. The van der Waals surface area contributed by atoms with Crippen LogP contribution in [0.4, 0.5) is 0 Å². The molecule has 0 aliphatic rings. The van der Waals surface area contributed by atoms with Crippen LogP contribution in [0.25, 0.3) is 15.7 Å². The quantitative estimate of drug-likeness (QED) is 0.233. The summed E-state index contributed by atoms with van der Waals surface area (Å²) < 4.78 is 6.05. The lowest BCUT2D eigenvalue weighted by atomic mass is 10.1. The van der Waals surface area contributed by atoms with Crippen molar-refractivity contribution in [2.24, 2.45) is 5.16 Å². The summed E-state index contributed by atoms with van der Waals surface area (Å²) in [7, 11) is 1.39. The highest BCUT2D eigenvalue weighted by Gasteiger charge is 2.20. The van der Waals surface area contributed by atoms with Crippen LogP contribution in [0.3, 0.4) is 0 Å². The molecule has 0 amide bonds. The van der Waals surface area contributed by atoms with Gasteiger partial charge in [-0.05, 0) is 37.8 Å². The number of oxime groups is 1. The van der Waals surface area contributed by atoms with Gasteiger partial charge in [0.05, 0.1) is 18.4 Å². The number of esters is 1. The number of allylic oxidation sites excluding steroid dienone is 1. The van der Waals surface area contributed by atoms with Gasteiger partial charge in [-0.1, -0.05) is 59.3 Å². The Kier molecular flexibility index (Phi) is 6.26. The van der Waals surface area contributed by atoms with Crippen LogP contribution >= 0.6 is 11.3 Å². The monoisotopic (exact) mass is 393 g/mol. The van der Waals surface area contributed by atoms with Crippen molar-refractivity contribution in [3.63, 3.8) is 0 Å². The Morgan fingerprint density at radius 3 is 2.54 bits per heavy atom. The average Bonchev–Trinajstić information content (AvgIpc) is 3.07. The van der Waals surface area contributed by atoms with Crippen molar-refractivity contribution in [3.05, 3.63) is 76.2 Å². The first kappa shape index (κ1) is 19.8. The molecule has 144 valence electrons. The molecular formula is C23H23NO3S. The second kappa shape index (κ2) is 8.85. The van der Waals surface area contributed by atoms with Crippen LogP contribution in [0.2, 0.25) is 0 Å². The number of ether oxygens (including phenoxy) is 1. The molecule has 3 aromatic rings. The number of rotatable bonds is 6. The van der Waals surface area contributed by atoms with Gasteiger partial charge >= 0.3 is 5.97 Å². The normalized spacial score (nSPS) is 12.3. The second-order valence-electron chi connectivity index (χ2n) is 6.42. The van der Waals surface area contributed by atoms with Gasteiger partial charge in [-0.15, -0.1) is 11.3 Å². The summed E-state index contributed by atoms with van der Waals surface area (Å²) in [5.41, 5.74) is 4.51. The summed E-state index contributed by atoms with van der Waals surface area (Å²) >= 11 is 1.56. The fourth-order valence-corrected chi connectivity index (χ4v) is 4.22. The van der Waals surface area contributed by atoms with E-state index in [1.54, 1.807) is 17.4 Å². The number of aryl methyl sites for hydroxylation is 1. The highest BCUT2D eigenvalue weighted by molar-refractivity contribution is 7.20. The molecule has 0 aliphatic heterocycles. The highest BCUT2D eigenvalue weighted by Crippen LogP contribution is 2.36. The number of methoxy groups -OCH3 is 1. The van der Waals surface area contributed by atoms with Crippen molar-refractivity contribution in [2.45, 2.75) is 27.4 Å². The Morgan fingerprint density at radius 1 is 1.14 bits per heavy atom. The van der Waals surface area contributed by atoms with Gasteiger partial charge in [0.15, 0.2) is 0 Å². The van der Waals surface area contributed by atoms with Crippen LogP contribution in [0, 0.1) is 6.92 Å². The van der Waals surface area contributed by atoms with E-state index >= 15 is 0 Å². The van der Waals surface area contributed by atoms with Crippen molar-refractivity contribution in [1.29, 1.82) is 0 Å². The molecule has 1 aromatic heterocycles. The Labute approximate surface area is 169 Å². The molecule has 1 heterocycles. The minimum Gasteiger partial charge on any atom is -0.465 e. The fourth-order valence-electron chi connectivity index (χ4n) is 2.95. The lowest BCUT2D eigenvalue weighted by Crippen LogP contribution is -2.04. The van der Waals surface area contributed by atoms with Crippen LogP contribution in [0.1, 0.15) is 35.4 Å². The molecule has 0 saturated carbocycles. The van der Waals surface area contributed by atoms with Gasteiger partial charge in [0.25, 0.3) is 0 Å². The van der Waals surface area contributed by atoms with Crippen LogP contribution in [0.5, 0.6) is 0 Å². The van der Waals surface area contributed by atoms with Gasteiger partial charge < -0.3 is 9.57 Å². The summed E-state index contributed by atoms with van der Waals surface area (Å²) in [6.07, 6.45) is 1.78. The van der Waals surface area contributed by atoms with Crippen molar-refractivity contribution in [1.82, 2.24) is 0 Å². The molecular weight excluding hydrogens is 370 g/mol. The first-order valence-electron chi connectivity index (χ1n) is 9.04. The third-order valence-corrected chi connectivity index (χ3v) is 5.76. The smallest absolute Gasteiger partial charge is 0.338 e. The van der Waals surface area contributed by atoms with E-state index in [4.69, 9.17) is 9.57 Å². The molecule has 2 aromatic carbocycles. The summed E-state index contributed by atoms with van der Waals surface area (Å²) in [5, 5.41) is 5.35. The minimum absolute atomic E-state index is 0.275. The zero-order valence-electron chi connectivity index (χ0n) is 16.5. The van der Waals surface area contributed by atoms with E-state index < -0.39 is 0 Å². The zero-order valence-corrected chi connectivity index (χ0v) is 17.3. The lowest BCUT2D eigenvalue weighted by molar-refractivity contribution is -0.133. The number of fused-ring (bicyclic) bond motifs is 1. The summed E-state index contributed by atoms with van der Waals surface area (Å²) in [5.74, 6) is -0.352. The number of benzene rings is 2. The number of carbonyl (C=O) groups excluding carboxylic acids is 1.